The molecule has 5 aromatic rings. The number of aromatic nitrogens is 5. The van der Waals surface area contributed by atoms with E-state index in [0.717, 1.165) is 46.9 Å². The highest BCUT2D eigenvalue weighted by Crippen LogP contribution is 2.26. The summed E-state index contributed by atoms with van der Waals surface area (Å²) in [6.45, 7) is 7.15. The molecule has 5 rings (SSSR count). The van der Waals surface area contributed by atoms with Gasteiger partial charge in [0.1, 0.15) is 11.3 Å². The lowest BCUT2D eigenvalue weighted by Gasteiger charge is -2.12. The number of H-pyrrole nitrogens is 1. The van der Waals surface area contributed by atoms with Crippen LogP contribution < -0.4 is 5.32 Å². The highest BCUT2D eigenvalue weighted by Gasteiger charge is 2.15. The lowest BCUT2D eigenvalue weighted by molar-refractivity contribution is 0.769. The highest BCUT2D eigenvalue weighted by atomic mass is 15.1. The van der Waals surface area contributed by atoms with Gasteiger partial charge < -0.3 is 10.3 Å². The molecule has 0 bridgehead atoms. The van der Waals surface area contributed by atoms with Gasteiger partial charge in [-0.2, -0.15) is 0 Å². The minimum atomic E-state index is 0.312. The average molecular weight is 411 g/mol. The molecule has 0 amide bonds. The Bertz CT molecular complexity index is 1360. The number of rotatable bonds is 6. The van der Waals surface area contributed by atoms with Crippen molar-refractivity contribution in [3.63, 3.8) is 0 Å². The summed E-state index contributed by atoms with van der Waals surface area (Å²) in [7, 11) is 0. The molecule has 6 heteroatoms. The van der Waals surface area contributed by atoms with Gasteiger partial charge in [-0.25, -0.2) is 9.97 Å². The number of nitrogens with zero attached hydrogens (tertiary/aromatic N) is 4. The Morgan fingerprint density at radius 3 is 2.84 bits per heavy atom. The topological polar surface area (TPSA) is 70.9 Å². The molecule has 2 N–H and O–H groups in total. The van der Waals surface area contributed by atoms with Gasteiger partial charge in [-0.15, -0.1) is 0 Å². The molecule has 1 aromatic carbocycles. The van der Waals surface area contributed by atoms with Gasteiger partial charge in [0.15, 0.2) is 5.82 Å². The number of hydrogen-bond acceptors (Lipinski definition) is 4. The van der Waals surface area contributed by atoms with Crippen LogP contribution >= 0.6 is 0 Å². The average Bonchev–Trinajstić information content (AvgIpc) is 3.38. The van der Waals surface area contributed by atoms with E-state index in [1.54, 1.807) is 0 Å². The molecular formula is C25H26N6. The maximum absolute atomic E-state index is 4.95. The SMILES string of the molecule is Cc1cncc(-c2cn3c(C(C)C)ncc3c(NCCc3c[nH]c4ccccc34)n2)c1. The number of benzene rings is 1. The van der Waals surface area contributed by atoms with Gasteiger partial charge in [-0.1, -0.05) is 32.0 Å². The van der Waals surface area contributed by atoms with Crippen LogP contribution in [0.3, 0.4) is 0 Å². The first kappa shape index (κ1) is 19.3. The van der Waals surface area contributed by atoms with E-state index in [1.165, 1.54) is 16.5 Å². The predicted octanol–water partition coefficient (Wildman–Crippen LogP) is 5.36. The van der Waals surface area contributed by atoms with Crippen molar-refractivity contribution >= 4 is 22.2 Å². The first-order chi connectivity index (χ1) is 15.1. The lowest BCUT2D eigenvalue weighted by atomic mass is 10.1. The van der Waals surface area contributed by atoms with Crippen LogP contribution in [0.1, 0.15) is 36.7 Å². The molecular weight excluding hydrogens is 384 g/mol. The van der Waals surface area contributed by atoms with E-state index in [4.69, 9.17) is 4.98 Å². The van der Waals surface area contributed by atoms with E-state index in [1.807, 2.05) is 25.5 Å². The van der Waals surface area contributed by atoms with Gasteiger partial charge in [0.05, 0.1) is 11.9 Å². The summed E-state index contributed by atoms with van der Waals surface area (Å²) in [5.74, 6) is 2.18. The van der Waals surface area contributed by atoms with Crippen LogP contribution in [0.4, 0.5) is 5.82 Å². The van der Waals surface area contributed by atoms with Crippen molar-refractivity contribution in [2.45, 2.75) is 33.1 Å². The molecule has 0 aliphatic rings. The van der Waals surface area contributed by atoms with E-state index in [9.17, 15) is 0 Å². The quantitative estimate of drug-likeness (QED) is 0.395. The highest BCUT2D eigenvalue weighted by molar-refractivity contribution is 5.83. The minimum Gasteiger partial charge on any atom is -0.368 e. The largest absolute Gasteiger partial charge is 0.368 e. The Hall–Kier alpha value is -3.67. The smallest absolute Gasteiger partial charge is 0.152 e. The third kappa shape index (κ3) is 3.65. The van der Waals surface area contributed by atoms with E-state index in [2.05, 4.69) is 81.2 Å². The number of pyridine rings is 1. The second kappa shape index (κ2) is 7.87. The van der Waals surface area contributed by atoms with Crippen molar-refractivity contribution in [1.82, 2.24) is 24.3 Å². The third-order valence-corrected chi connectivity index (χ3v) is 5.60. The monoisotopic (exact) mass is 410 g/mol. The molecule has 0 radical (unpaired) electrons. The number of hydrogen-bond donors (Lipinski definition) is 2. The zero-order valence-corrected chi connectivity index (χ0v) is 18.1. The van der Waals surface area contributed by atoms with Crippen LogP contribution in [0.25, 0.3) is 27.7 Å². The standard InChI is InChI=1S/C25H26N6/c1-16(2)25-29-14-23-24(27-9-8-18-13-28-21-7-5-4-6-20(18)21)30-22(15-31(23)25)19-10-17(3)11-26-12-19/h4-7,10-16,28H,8-9H2,1-3H3,(H,27,30). The minimum absolute atomic E-state index is 0.312. The first-order valence-corrected chi connectivity index (χ1v) is 10.7. The van der Waals surface area contributed by atoms with Crippen molar-refractivity contribution in [2.24, 2.45) is 0 Å². The maximum atomic E-state index is 4.95. The molecule has 6 nitrogen and oxygen atoms in total. The van der Waals surface area contributed by atoms with Crippen LogP contribution in [0.2, 0.25) is 0 Å². The number of anilines is 1. The van der Waals surface area contributed by atoms with Crippen LogP contribution in [0.5, 0.6) is 0 Å². The van der Waals surface area contributed by atoms with Crippen molar-refractivity contribution in [1.29, 1.82) is 0 Å². The molecule has 4 aromatic heterocycles. The number of fused-ring (bicyclic) bond motifs is 2. The molecule has 156 valence electrons. The van der Waals surface area contributed by atoms with Crippen molar-refractivity contribution in [3.05, 3.63) is 78.3 Å². The number of para-hydroxylation sites is 1. The van der Waals surface area contributed by atoms with Crippen LogP contribution in [0.15, 0.2) is 61.3 Å². The van der Waals surface area contributed by atoms with E-state index < -0.39 is 0 Å². The molecule has 0 spiro atoms. The summed E-state index contributed by atoms with van der Waals surface area (Å²) in [5.41, 5.74) is 6.47. The lowest BCUT2D eigenvalue weighted by Crippen LogP contribution is -2.09. The van der Waals surface area contributed by atoms with E-state index >= 15 is 0 Å². The third-order valence-electron chi connectivity index (χ3n) is 5.60. The molecule has 4 heterocycles. The Morgan fingerprint density at radius 2 is 2.00 bits per heavy atom. The number of aromatic amines is 1. The van der Waals surface area contributed by atoms with Gasteiger partial charge in [-0.3, -0.25) is 9.38 Å². The van der Waals surface area contributed by atoms with E-state index in [0.29, 0.717) is 5.92 Å². The normalized spacial score (nSPS) is 11.6. The molecule has 0 saturated heterocycles. The molecule has 31 heavy (non-hydrogen) atoms. The van der Waals surface area contributed by atoms with Crippen molar-refractivity contribution in [3.8, 4) is 11.3 Å². The van der Waals surface area contributed by atoms with Gasteiger partial charge in [0.2, 0.25) is 0 Å². The predicted molar refractivity (Wildman–Crippen MR) is 126 cm³/mol. The zero-order valence-electron chi connectivity index (χ0n) is 18.1. The van der Waals surface area contributed by atoms with Gasteiger partial charge >= 0.3 is 0 Å². The second-order valence-electron chi connectivity index (χ2n) is 8.29. The van der Waals surface area contributed by atoms with Gasteiger partial charge in [0, 0.05) is 53.7 Å². The number of aryl methyl sites for hydroxylation is 1. The molecule has 0 unspecified atom stereocenters. The Kier molecular flexibility index (Phi) is 4.90. The Balaban J connectivity index is 1.49. The van der Waals surface area contributed by atoms with Crippen LogP contribution in [-0.2, 0) is 6.42 Å². The second-order valence-corrected chi connectivity index (χ2v) is 8.29. The Morgan fingerprint density at radius 1 is 1.13 bits per heavy atom. The first-order valence-electron chi connectivity index (χ1n) is 10.7. The summed E-state index contributed by atoms with van der Waals surface area (Å²) in [6.07, 6.45) is 10.7. The molecule has 0 fully saturated rings. The molecule has 0 saturated carbocycles. The van der Waals surface area contributed by atoms with Crippen LogP contribution in [-0.4, -0.2) is 30.9 Å². The van der Waals surface area contributed by atoms with Gasteiger partial charge in [0.25, 0.3) is 0 Å². The van der Waals surface area contributed by atoms with E-state index in [-0.39, 0.29) is 0 Å². The number of imidazole rings is 1. The summed E-state index contributed by atoms with van der Waals surface area (Å²) in [4.78, 5) is 17.3. The molecule has 0 aliphatic heterocycles. The fourth-order valence-electron chi connectivity index (χ4n) is 4.06. The van der Waals surface area contributed by atoms with Crippen molar-refractivity contribution < 1.29 is 0 Å². The van der Waals surface area contributed by atoms with Crippen LogP contribution in [0, 0.1) is 6.92 Å². The summed E-state index contributed by atoms with van der Waals surface area (Å²) < 4.78 is 2.16. The van der Waals surface area contributed by atoms with Crippen molar-refractivity contribution in [2.75, 3.05) is 11.9 Å². The molecule has 0 aliphatic carbocycles. The number of nitrogens with one attached hydrogen (secondary N) is 2. The fourth-order valence-corrected chi connectivity index (χ4v) is 4.06. The zero-order chi connectivity index (χ0) is 21.4. The molecule has 0 atom stereocenters. The summed E-state index contributed by atoms with van der Waals surface area (Å²) in [5, 5.41) is 4.83. The summed E-state index contributed by atoms with van der Waals surface area (Å²) >= 11 is 0. The fraction of sp³-hybridized carbons (Fsp3) is 0.240. The van der Waals surface area contributed by atoms with Gasteiger partial charge in [-0.05, 0) is 36.6 Å². The Labute approximate surface area is 181 Å². The maximum Gasteiger partial charge on any atom is 0.152 e. The summed E-state index contributed by atoms with van der Waals surface area (Å²) in [6, 6.07) is 10.5.